The molecule has 0 aromatic heterocycles. The van der Waals surface area contributed by atoms with E-state index in [9.17, 15) is 14.4 Å². The van der Waals surface area contributed by atoms with Crippen LogP contribution in [-0.4, -0.2) is 11.7 Å². The van der Waals surface area contributed by atoms with Gasteiger partial charge in [0.2, 0.25) is 5.91 Å². The average molecular weight is 290 g/mol. The largest absolute Gasteiger partial charge is 0.386 e. The van der Waals surface area contributed by atoms with Gasteiger partial charge in [0, 0.05) is 5.92 Å². The van der Waals surface area contributed by atoms with Gasteiger partial charge in [0.25, 0.3) is 0 Å². The second-order valence-corrected chi connectivity index (χ2v) is 4.67. The predicted octanol–water partition coefficient (Wildman–Crippen LogP) is 1.05. The molecule has 20 heavy (non-hydrogen) atoms. The van der Waals surface area contributed by atoms with Crippen LogP contribution < -0.4 is 11.5 Å². The highest BCUT2D eigenvalue weighted by molar-refractivity contribution is 7.84. The summed E-state index contributed by atoms with van der Waals surface area (Å²) in [5.74, 6) is -3.25. The van der Waals surface area contributed by atoms with Crippen LogP contribution >= 0.6 is 12.6 Å². The Kier molecular flexibility index (Phi) is 3.77. The topological polar surface area (TPSA) is 105 Å². The number of amides is 1. The molecular weight excluding hydrogens is 279 g/mol. The van der Waals surface area contributed by atoms with Crippen molar-refractivity contribution in [2.45, 2.75) is 5.92 Å². The quantitative estimate of drug-likeness (QED) is 0.709. The molecule has 0 fully saturated rings. The molecule has 0 saturated carbocycles. The number of rotatable bonds is 2. The van der Waals surface area contributed by atoms with Crippen LogP contribution in [0.1, 0.15) is 11.5 Å². The predicted molar refractivity (Wildman–Crippen MR) is 75.1 cm³/mol. The summed E-state index contributed by atoms with van der Waals surface area (Å²) in [6.07, 6.45) is 0. The van der Waals surface area contributed by atoms with Gasteiger partial charge in [-0.25, -0.2) is 9.38 Å². The van der Waals surface area contributed by atoms with Gasteiger partial charge in [-0.2, -0.15) is 5.26 Å². The van der Waals surface area contributed by atoms with Crippen LogP contribution in [0.4, 0.5) is 4.39 Å². The van der Waals surface area contributed by atoms with Crippen molar-refractivity contribution in [3.63, 3.8) is 0 Å². The lowest BCUT2D eigenvalue weighted by molar-refractivity contribution is -0.114. The van der Waals surface area contributed by atoms with Gasteiger partial charge in [-0.15, -0.1) is 12.6 Å². The minimum Gasteiger partial charge on any atom is -0.386 e. The van der Waals surface area contributed by atoms with Crippen LogP contribution in [0.25, 0.3) is 0 Å². The Morgan fingerprint density at radius 3 is 2.65 bits per heavy atom. The van der Waals surface area contributed by atoms with E-state index in [4.69, 9.17) is 11.5 Å². The molecule has 1 aliphatic heterocycles. The van der Waals surface area contributed by atoms with E-state index in [-0.39, 0.29) is 22.0 Å². The van der Waals surface area contributed by atoms with Gasteiger partial charge in [0.05, 0.1) is 11.6 Å². The van der Waals surface area contributed by atoms with Gasteiger partial charge in [0.1, 0.15) is 22.6 Å². The minimum atomic E-state index is -0.967. The van der Waals surface area contributed by atoms with Crippen LogP contribution in [0.2, 0.25) is 0 Å². The number of nitrogens with two attached hydrogens (primary N) is 2. The third-order valence-corrected chi connectivity index (χ3v) is 3.42. The zero-order valence-corrected chi connectivity index (χ0v) is 11.1. The first-order chi connectivity index (χ1) is 9.47. The minimum absolute atomic E-state index is 0.00903. The number of amidine groups is 1. The number of carbonyl (C=O) groups is 1. The summed E-state index contributed by atoms with van der Waals surface area (Å²) < 4.78 is 14.0. The molecule has 0 saturated heterocycles. The molecule has 1 aromatic rings. The maximum absolute atomic E-state index is 14.0. The Morgan fingerprint density at radius 2 is 2.10 bits per heavy atom. The summed E-state index contributed by atoms with van der Waals surface area (Å²) in [6.45, 7) is 0. The lowest BCUT2D eigenvalue weighted by Gasteiger charge is -2.27. The van der Waals surface area contributed by atoms with E-state index in [1.807, 2.05) is 6.07 Å². The first-order valence-corrected chi connectivity index (χ1v) is 6.13. The van der Waals surface area contributed by atoms with Crippen LogP contribution in [-0.2, 0) is 4.79 Å². The summed E-state index contributed by atoms with van der Waals surface area (Å²) in [7, 11) is 0. The number of thiol groups is 1. The zero-order chi connectivity index (χ0) is 14.9. The van der Waals surface area contributed by atoms with Gasteiger partial charge in [0.15, 0.2) is 0 Å². The molecule has 1 aromatic carbocycles. The number of hydrogen-bond donors (Lipinski definition) is 3. The van der Waals surface area contributed by atoms with Crippen molar-refractivity contribution in [2.24, 2.45) is 22.4 Å². The van der Waals surface area contributed by atoms with E-state index in [1.165, 1.54) is 18.2 Å². The van der Waals surface area contributed by atoms with Crippen LogP contribution in [0.5, 0.6) is 0 Å². The average Bonchev–Trinajstić information content (AvgIpc) is 2.38. The lowest BCUT2D eigenvalue weighted by atomic mass is 9.79. The number of carbonyl (C=O) groups excluding carboxylic acids is 1. The molecule has 0 spiro atoms. The highest BCUT2D eigenvalue weighted by Gasteiger charge is 2.38. The number of nitriles is 1. The van der Waals surface area contributed by atoms with Gasteiger partial charge >= 0.3 is 0 Å². The summed E-state index contributed by atoms with van der Waals surface area (Å²) in [5.41, 5.74) is 11.1. The fourth-order valence-corrected chi connectivity index (χ4v) is 2.56. The van der Waals surface area contributed by atoms with Crippen LogP contribution in [0.3, 0.4) is 0 Å². The highest BCUT2D eigenvalue weighted by atomic mass is 32.1. The number of primary amides is 1. The first-order valence-electron chi connectivity index (χ1n) is 5.68. The number of aliphatic imine (C=N–C) groups is 1. The summed E-state index contributed by atoms with van der Waals surface area (Å²) in [6, 6.07) is 7.77. The Balaban J connectivity index is 2.69. The molecule has 1 heterocycles. The molecule has 102 valence electrons. The molecule has 2 rings (SSSR count). The van der Waals surface area contributed by atoms with Crippen LogP contribution in [0, 0.1) is 23.1 Å². The molecule has 1 aliphatic rings. The fourth-order valence-electron chi connectivity index (χ4n) is 2.20. The molecule has 7 heteroatoms. The highest BCUT2D eigenvalue weighted by Crippen LogP contribution is 2.39. The summed E-state index contributed by atoms with van der Waals surface area (Å²) >= 11 is 4.06. The number of hydrogen-bond acceptors (Lipinski definition) is 5. The monoisotopic (exact) mass is 290 g/mol. The first kappa shape index (κ1) is 14.1. The third kappa shape index (κ3) is 2.26. The van der Waals surface area contributed by atoms with Crippen molar-refractivity contribution in [2.75, 3.05) is 0 Å². The molecule has 4 N–H and O–H groups in total. The number of benzene rings is 1. The third-order valence-electron chi connectivity index (χ3n) is 3.08. The van der Waals surface area contributed by atoms with Crippen molar-refractivity contribution in [1.82, 2.24) is 0 Å². The molecule has 2 atom stereocenters. The number of halogens is 1. The van der Waals surface area contributed by atoms with Crippen molar-refractivity contribution in [3.8, 4) is 6.07 Å². The smallest absolute Gasteiger partial charge is 0.248 e. The van der Waals surface area contributed by atoms with E-state index in [2.05, 4.69) is 17.6 Å². The van der Waals surface area contributed by atoms with E-state index in [1.54, 1.807) is 6.07 Å². The molecular formula is C13H11FN4OS. The van der Waals surface area contributed by atoms with Crippen LogP contribution in [0.15, 0.2) is 39.9 Å². The van der Waals surface area contributed by atoms with Gasteiger partial charge in [-0.05, 0) is 11.6 Å². The van der Waals surface area contributed by atoms with Crippen molar-refractivity contribution in [1.29, 1.82) is 5.26 Å². The molecule has 0 radical (unpaired) electrons. The Morgan fingerprint density at radius 1 is 1.45 bits per heavy atom. The Labute approximate surface area is 120 Å². The zero-order valence-electron chi connectivity index (χ0n) is 10.2. The van der Waals surface area contributed by atoms with Gasteiger partial charge in [-0.3, -0.25) is 4.79 Å². The Hall–Kier alpha value is -2.33. The van der Waals surface area contributed by atoms with Gasteiger partial charge < -0.3 is 11.5 Å². The van der Waals surface area contributed by atoms with Gasteiger partial charge in [-0.1, -0.05) is 18.2 Å². The lowest BCUT2D eigenvalue weighted by Crippen LogP contribution is -2.36. The van der Waals surface area contributed by atoms with Crippen molar-refractivity contribution < 1.29 is 9.18 Å². The number of nitrogens with zero attached hydrogens (tertiary/aromatic N) is 2. The second-order valence-electron chi connectivity index (χ2n) is 4.24. The molecule has 1 amide bonds. The Bertz CT molecular complexity index is 677. The molecule has 1 unspecified atom stereocenters. The van der Waals surface area contributed by atoms with E-state index in [0.717, 1.165) is 0 Å². The molecule has 0 aliphatic carbocycles. The fraction of sp³-hybridized carbons (Fsp3) is 0.154. The SMILES string of the molecule is N#CC1C(N)=NC(S)=C(C(N)=O)[C@@H]1c1ccccc1F. The van der Waals surface area contributed by atoms with E-state index < -0.39 is 23.6 Å². The molecule has 0 bridgehead atoms. The van der Waals surface area contributed by atoms with E-state index >= 15 is 0 Å². The molecule has 5 nitrogen and oxygen atoms in total. The summed E-state index contributed by atoms with van der Waals surface area (Å²) in [4.78, 5) is 15.4. The standard InChI is InChI=1S/C13H11FN4OS/c14-8-4-2-1-3-6(8)9-7(5-15)11(16)18-13(20)10(9)12(17)19/h1-4,7,9,20H,(H2,16,18)(H2,17,19)/t7?,9-/m1/s1. The second kappa shape index (κ2) is 5.35. The maximum Gasteiger partial charge on any atom is 0.248 e. The van der Waals surface area contributed by atoms with Crippen molar-refractivity contribution >= 4 is 24.4 Å². The van der Waals surface area contributed by atoms with Crippen molar-refractivity contribution in [3.05, 3.63) is 46.2 Å². The maximum atomic E-state index is 14.0. The van der Waals surface area contributed by atoms with E-state index in [0.29, 0.717) is 0 Å². The summed E-state index contributed by atoms with van der Waals surface area (Å²) in [5, 5.41) is 9.25. The normalized spacial score (nSPS) is 22.1.